The molecule has 2 aromatic rings. The van der Waals surface area contributed by atoms with Gasteiger partial charge in [0.2, 0.25) is 11.8 Å². The van der Waals surface area contributed by atoms with Gasteiger partial charge in [-0.05, 0) is 50.3 Å². The standard InChI is InChI=1S/C25H30N2O2/c1-17-14-18(2)23(19(3)15-17)26-24(29)25(12-8-5-9-13-25)27-21(16-22(27)28)20-10-6-4-7-11-20/h4,6-7,10-11,14-15,21H,5,8-9,12-13,16H2,1-3H3,(H,26,29). The van der Waals surface area contributed by atoms with Crippen molar-refractivity contribution in [3.8, 4) is 0 Å². The van der Waals surface area contributed by atoms with E-state index in [1.54, 1.807) is 0 Å². The SMILES string of the molecule is Cc1cc(C)c(NC(=O)C2(N3C(=O)CC3c3ccccc3)CCCCC2)c(C)c1. The van der Waals surface area contributed by atoms with Crippen LogP contribution in [0, 0.1) is 20.8 Å². The number of carbonyl (C=O) groups excluding carboxylic acids is 2. The Hall–Kier alpha value is -2.62. The van der Waals surface area contributed by atoms with E-state index in [9.17, 15) is 9.59 Å². The second-order valence-corrected chi connectivity index (χ2v) is 8.71. The summed E-state index contributed by atoms with van der Waals surface area (Å²) in [5.74, 6) is 0.0643. The highest BCUT2D eigenvalue weighted by Gasteiger charge is 2.54. The molecule has 4 rings (SSSR count). The van der Waals surface area contributed by atoms with Gasteiger partial charge in [0.1, 0.15) is 5.54 Å². The van der Waals surface area contributed by atoms with E-state index in [0.29, 0.717) is 6.42 Å². The third kappa shape index (κ3) is 3.45. The number of hydrogen-bond acceptors (Lipinski definition) is 2. The fraction of sp³-hybridized carbons (Fsp3) is 0.440. The molecule has 1 saturated heterocycles. The van der Waals surface area contributed by atoms with Crippen LogP contribution in [0.25, 0.3) is 0 Å². The van der Waals surface area contributed by atoms with E-state index in [-0.39, 0.29) is 17.9 Å². The molecule has 2 aliphatic rings. The molecule has 1 saturated carbocycles. The summed E-state index contributed by atoms with van der Waals surface area (Å²) in [5, 5.41) is 3.23. The lowest BCUT2D eigenvalue weighted by Gasteiger charge is -2.54. The van der Waals surface area contributed by atoms with Crippen molar-refractivity contribution in [3.05, 3.63) is 64.7 Å². The number of rotatable bonds is 4. The Bertz CT molecular complexity index is 906. The van der Waals surface area contributed by atoms with Crippen LogP contribution in [0.3, 0.4) is 0 Å². The Labute approximate surface area is 173 Å². The van der Waals surface area contributed by atoms with Crippen LogP contribution in [-0.2, 0) is 9.59 Å². The second-order valence-electron chi connectivity index (χ2n) is 8.71. The summed E-state index contributed by atoms with van der Waals surface area (Å²) in [5.41, 5.74) is 4.57. The van der Waals surface area contributed by atoms with Crippen molar-refractivity contribution >= 4 is 17.5 Å². The minimum Gasteiger partial charge on any atom is -0.324 e. The van der Waals surface area contributed by atoms with Gasteiger partial charge in [-0.25, -0.2) is 0 Å². The van der Waals surface area contributed by atoms with Gasteiger partial charge in [0.25, 0.3) is 0 Å². The smallest absolute Gasteiger partial charge is 0.250 e. The molecule has 1 heterocycles. The first-order valence-electron chi connectivity index (χ1n) is 10.7. The van der Waals surface area contributed by atoms with Crippen LogP contribution in [0.5, 0.6) is 0 Å². The summed E-state index contributed by atoms with van der Waals surface area (Å²) in [4.78, 5) is 28.4. The van der Waals surface area contributed by atoms with Crippen LogP contribution < -0.4 is 5.32 Å². The molecule has 0 aromatic heterocycles. The van der Waals surface area contributed by atoms with Gasteiger partial charge in [-0.1, -0.05) is 67.3 Å². The highest BCUT2D eigenvalue weighted by atomic mass is 16.2. The second kappa shape index (κ2) is 7.66. The molecular weight excluding hydrogens is 360 g/mol. The first kappa shape index (κ1) is 19.7. The molecule has 1 N–H and O–H groups in total. The summed E-state index contributed by atoms with van der Waals surface area (Å²) >= 11 is 0. The van der Waals surface area contributed by atoms with E-state index in [2.05, 4.69) is 36.5 Å². The zero-order valence-corrected chi connectivity index (χ0v) is 17.6. The fourth-order valence-electron chi connectivity index (χ4n) is 5.22. The lowest BCUT2D eigenvalue weighted by atomic mass is 9.74. The largest absolute Gasteiger partial charge is 0.324 e. The van der Waals surface area contributed by atoms with Crippen LogP contribution in [0.4, 0.5) is 5.69 Å². The minimum atomic E-state index is -0.752. The summed E-state index contributed by atoms with van der Waals surface area (Å²) in [7, 11) is 0. The number of amides is 2. The van der Waals surface area contributed by atoms with E-state index in [1.807, 2.05) is 36.9 Å². The van der Waals surface area contributed by atoms with Crippen molar-refractivity contribution < 1.29 is 9.59 Å². The van der Waals surface area contributed by atoms with Crippen molar-refractivity contribution in [2.24, 2.45) is 0 Å². The number of aryl methyl sites for hydroxylation is 3. The average molecular weight is 391 g/mol. The molecule has 152 valence electrons. The van der Waals surface area contributed by atoms with Gasteiger partial charge in [-0.3, -0.25) is 9.59 Å². The summed E-state index contributed by atoms with van der Waals surface area (Å²) < 4.78 is 0. The number of likely N-dealkylation sites (tertiary alicyclic amines) is 1. The third-order valence-electron chi connectivity index (χ3n) is 6.61. The molecule has 29 heavy (non-hydrogen) atoms. The van der Waals surface area contributed by atoms with Crippen molar-refractivity contribution in [1.82, 2.24) is 4.90 Å². The number of nitrogens with one attached hydrogen (secondary N) is 1. The van der Waals surface area contributed by atoms with Gasteiger partial charge in [0, 0.05) is 5.69 Å². The number of nitrogens with zero attached hydrogens (tertiary/aromatic N) is 1. The summed E-state index contributed by atoms with van der Waals surface area (Å²) in [6.45, 7) is 6.13. The molecule has 2 aromatic carbocycles. The van der Waals surface area contributed by atoms with Gasteiger partial charge >= 0.3 is 0 Å². The molecule has 2 fully saturated rings. The lowest BCUT2D eigenvalue weighted by Crippen LogP contribution is -2.65. The van der Waals surface area contributed by atoms with Crippen molar-refractivity contribution in [2.75, 3.05) is 5.32 Å². The number of β-lactam (4-membered cyclic amide) rings is 1. The number of anilines is 1. The molecule has 4 nitrogen and oxygen atoms in total. The highest BCUT2D eigenvalue weighted by molar-refractivity contribution is 6.03. The Morgan fingerprint density at radius 3 is 2.21 bits per heavy atom. The Morgan fingerprint density at radius 1 is 1.00 bits per heavy atom. The van der Waals surface area contributed by atoms with Gasteiger partial charge in [0.05, 0.1) is 12.5 Å². The van der Waals surface area contributed by atoms with Crippen LogP contribution >= 0.6 is 0 Å². The Kier molecular flexibility index (Phi) is 5.20. The lowest BCUT2D eigenvalue weighted by molar-refractivity contribution is -0.166. The normalized spacial score (nSPS) is 20.9. The molecule has 0 radical (unpaired) electrons. The van der Waals surface area contributed by atoms with E-state index in [0.717, 1.165) is 54.5 Å². The van der Waals surface area contributed by atoms with Crippen LogP contribution in [-0.4, -0.2) is 22.3 Å². The first-order chi connectivity index (χ1) is 13.9. The molecule has 0 spiro atoms. The number of benzene rings is 2. The minimum absolute atomic E-state index is 0.00670. The number of hydrogen-bond donors (Lipinski definition) is 1. The maximum atomic E-state index is 13.7. The summed E-state index contributed by atoms with van der Waals surface area (Å²) in [6.07, 6.45) is 5.03. The van der Waals surface area contributed by atoms with E-state index in [4.69, 9.17) is 0 Å². The van der Waals surface area contributed by atoms with Crippen LogP contribution in [0.1, 0.15) is 66.8 Å². The quantitative estimate of drug-likeness (QED) is 0.727. The Balaban J connectivity index is 1.68. The van der Waals surface area contributed by atoms with Crippen molar-refractivity contribution in [2.45, 2.75) is 70.9 Å². The topological polar surface area (TPSA) is 49.4 Å². The maximum Gasteiger partial charge on any atom is 0.250 e. The predicted octanol–water partition coefficient (Wildman–Crippen LogP) is 5.23. The predicted molar refractivity (Wildman–Crippen MR) is 116 cm³/mol. The van der Waals surface area contributed by atoms with Crippen molar-refractivity contribution in [1.29, 1.82) is 0 Å². The molecule has 1 unspecified atom stereocenters. The summed E-state index contributed by atoms with van der Waals surface area (Å²) in [6, 6.07) is 14.3. The average Bonchev–Trinajstić information content (AvgIpc) is 2.70. The van der Waals surface area contributed by atoms with Crippen molar-refractivity contribution in [3.63, 3.8) is 0 Å². The monoisotopic (exact) mass is 390 g/mol. The van der Waals surface area contributed by atoms with Crippen LogP contribution in [0.15, 0.2) is 42.5 Å². The van der Waals surface area contributed by atoms with Gasteiger partial charge in [-0.15, -0.1) is 0 Å². The van der Waals surface area contributed by atoms with Gasteiger partial charge < -0.3 is 10.2 Å². The molecule has 1 atom stereocenters. The molecule has 1 aliphatic carbocycles. The number of carbonyl (C=O) groups is 2. The van der Waals surface area contributed by atoms with Crippen LogP contribution in [0.2, 0.25) is 0 Å². The van der Waals surface area contributed by atoms with Gasteiger partial charge in [-0.2, -0.15) is 0 Å². The zero-order valence-electron chi connectivity index (χ0n) is 17.6. The van der Waals surface area contributed by atoms with E-state index >= 15 is 0 Å². The van der Waals surface area contributed by atoms with E-state index < -0.39 is 5.54 Å². The maximum absolute atomic E-state index is 13.7. The Morgan fingerprint density at radius 2 is 1.62 bits per heavy atom. The third-order valence-corrected chi connectivity index (χ3v) is 6.61. The molecule has 1 aliphatic heterocycles. The molecule has 2 amide bonds. The zero-order chi connectivity index (χ0) is 20.6. The molecule has 4 heteroatoms. The molecule has 0 bridgehead atoms. The fourth-order valence-corrected chi connectivity index (χ4v) is 5.22. The van der Waals surface area contributed by atoms with Gasteiger partial charge in [0.15, 0.2) is 0 Å². The first-order valence-corrected chi connectivity index (χ1v) is 10.7. The highest BCUT2D eigenvalue weighted by Crippen LogP contribution is 2.47. The van der Waals surface area contributed by atoms with E-state index in [1.165, 1.54) is 5.56 Å². The molecular formula is C25H30N2O2.